The van der Waals surface area contributed by atoms with Crippen LogP contribution in [0.1, 0.15) is 21.4 Å². The highest BCUT2D eigenvalue weighted by Crippen LogP contribution is 2.30. The Morgan fingerprint density at radius 1 is 1.53 bits per heavy atom. The lowest BCUT2D eigenvalue weighted by atomic mass is 10.1. The molecule has 0 spiro atoms. The van der Waals surface area contributed by atoms with Crippen molar-refractivity contribution in [2.45, 2.75) is 13.0 Å². The molecule has 2 heterocycles. The molecule has 0 aliphatic rings. The van der Waals surface area contributed by atoms with E-state index in [9.17, 15) is 5.11 Å². The van der Waals surface area contributed by atoms with Crippen LogP contribution in [0.4, 0.5) is 5.82 Å². The first-order valence-electron chi connectivity index (χ1n) is 4.61. The summed E-state index contributed by atoms with van der Waals surface area (Å²) in [7, 11) is 1.76. The van der Waals surface area contributed by atoms with Crippen molar-refractivity contribution in [3.63, 3.8) is 0 Å². The molecule has 0 radical (unpaired) electrons. The molecule has 0 aliphatic heterocycles. The van der Waals surface area contributed by atoms with Gasteiger partial charge in [0, 0.05) is 22.4 Å². The number of anilines is 1. The van der Waals surface area contributed by atoms with Crippen LogP contribution in [-0.2, 0) is 7.05 Å². The molecular weight excluding hydrogens is 210 g/mol. The lowest BCUT2D eigenvalue weighted by molar-refractivity contribution is 0.225. The second-order valence-corrected chi connectivity index (χ2v) is 4.78. The van der Waals surface area contributed by atoms with Crippen molar-refractivity contribution in [2.75, 3.05) is 5.73 Å². The first kappa shape index (κ1) is 10.2. The Balaban J connectivity index is 2.36. The van der Waals surface area contributed by atoms with Crippen LogP contribution >= 0.6 is 11.3 Å². The normalized spacial score (nSPS) is 13.0. The number of aliphatic hydroxyl groups is 1. The van der Waals surface area contributed by atoms with E-state index < -0.39 is 6.10 Å². The highest BCUT2D eigenvalue weighted by atomic mass is 32.1. The van der Waals surface area contributed by atoms with Crippen LogP contribution in [0.15, 0.2) is 18.3 Å². The van der Waals surface area contributed by atoms with Gasteiger partial charge in [0.05, 0.1) is 6.20 Å². The Bertz CT molecular complexity index is 475. The fourth-order valence-corrected chi connectivity index (χ4v) is 2.31. The van der Waals surface area contributed by atoms with Gasteiger partial charge in [0.2, 0.25) is 0 Å². The Kier molecular flexibility index (Phi) is 2.50. The zero-order valence-corrected chi connectivity index (χ0v) is 9.45. The van der Waals surface area contributed by atoms with E-state index in [0.29, 0.717) is 11.4 Å². The van der Waals surface area contributed by atoms with Crippen molar-refractivity contribution in [2.24, 2.45) is 7.05 Å². The summed E-state index contributed by atoms with van der Waals surface area (Å²) in [5.74, 6) is 0.508. The van der Waals surface area contributed by atoms with E-state index in [1.807, 2.05) is 19.1 Å². The van der Waals surface area contributed by atoms with E-state index in [-0.39, 0.29) is 0 Å². The van der Waals surface area contributed by atoms with Crippen molar-refractivity contribution in [3.8, 4) is 0 Å². The van der Waals surface area contributed by atoms with E-state index in [2.05, 4.69) is 5.10 Å². The fourth-order valence-electron chi connectivity index (χ4n) is 1.43. The van der Waals surface area contributed by atoms with E-state index in [0.717, 1.165) is 4.88 Å². The molecule has 0 saturated carbocycles. The maximum atomic E-state index is 10.1. The van der Waals surface area contributed by atoms with Gasteiger partial charge in [0.1, 0.15) is 11.9 Å². The van der Waals surface area contributed by atoms with Gasteiger partial charge in [0.15, 0.2) is 0 Å². The minimum Gasteiger partial charge on any atom is -0.384 e. The van der Waals surface area contributed by atoms with Crippen molar-refractivity contribution >= 4 is 17.2 Å². The van der Waals surface area contributed by atoms with Crippen molar-refractivity contribution < 1.29 is 5.11 Å². The summed E-state index contributed by atoms with van der Waals surface area (Å²) in [6, 6.07) is 3.90. The molecule has 0 amide bonds. The third kappa shape index (κ3) is 1.75. The van der Waals surface area contributed by atoms with Crippen LogP contribution in [0, 0.1) is 6.92 Å². The van der Waals surface area contributed by atoms with Gasteiger partial charge in [0.25, 0.3) is 0 Å². The summed E-state index contributed by atoms with van der Waals surface area (Å²) in [6.45, 7) is 2.01. The molecule has 1 unspecified atom stereocenters. The molecule has 2 aromatic heterocycles. The minimum atomic E-state index is -0.669. The lowest BCUT2D eigenvalue weighted by Gasteiger charge is -2.07. The first-order valence-corrected chi connectivity index (χ1v) is 5.43. The van der Waals surface area contributed by atoms with Gasteiger partial charge in [-0.3, -0.25) is 4.68 Å². The molecule has 4 nitrogen and oxygen atoms in total. The maximum Gasteiger partial charge on any atom is 0.127 e. The molecule has 2 rings (SSSR count). The molecule has 80 valence electrons. The fraction of sp³-hybridized carbons (Fsp3) is 0.300. The number of rotatable bonds is 2. The summed E-state index contributed by atoms with van der Waals surface area (Å²) >= 11 is 1.57. The Morgan fingerprint density at radius 3 is 2.73 bits per heavy atom. The van der Waals surface area contributed by atoms with E-state index in [4.69, 9.17) is 5.73 Å². The van der Waals surface area contributed by atoms with E-state index in [1.54, 1.807) is 29.3 Å². The van der Waals surface area contributed by atoms with Crippen LogP contribution in [0.5, 0.6) is 0 Å². The molecule has 15 heavy (non-hydrogen) atoms. The largest absolute Gasteiger partial charge is 0.384 e. The highest BCUT2D eigenvalue weighted by Gasteiger charge is 2.17. The molecular formula is C10H13N3OS. The number of aryl methyl sites for hydroxylation is 2. The van der Waals surface area contributed by atoms with Crippen LogP contribution in [0.25, 0.3) is 0 Å². The quantitative estimate of drug-likeness (QED) is 0.810. The lowest BCUT2D eigenvalue weighted by Crippen LogP contribution is -2.03. The predicted octanol–water partition coefficient (Wildman–Crippen LogP) is 1.45. The monoisotopic (exact) mass is 223 g/mol. The molecule has 0 bridgehead atoms. The third-order valence-corrected chi connectivity index (χ3v) is 3.39. The molecule has 3 N–H and O–H groups in total. The van der Waals surface area contributed by atoms with E-state index >= 15 is 0 Å². The molecule has 0 saturated heterocycles. The third-order valence-electron chi connectivity index (χ3n) is 2.34. The number of hydrogen-bond acceptors (Lipinski definition) is 4. The SMILES string of the molecule is Cc1ccc(C(O)c2cnn(C)c2N)s1. The molecule has 1 atom stereocenters. The number of nitrogens with two attached hydrogens (primary N) is 1. The van der Waals surface area contributed by atoms with Gasteiger partial charge < -0.3 is 10.8 Å². The van der Waals surface area contributed by atoms with Crippen LogP contribution in [0.3, 0.4) is 0 Å². The number of aliphatic hydroxyl groups excluding tert-OH is 1. The molecule has 0 aromatic carbocycles. The molecule has 0 aliphatic carbocycles. The number of hydrogen-bond donors (Lipinski definition) is 2. The van der Waals surface area contributed by atoms with Crippen LogP contribution in [0.2, 0.25) is 0 Å². The standard InChI is InChI=1S/C10H13N3OS/c1-6-3-4-8(15-6)9(14)7-5-12-13(2)10(7)11/h3-5,9,14H,11H2,1-2H3. The van der Waals surface area contributed by atoms with Crippen molar-refractivity contribution in [1.29, 1.82) is 0 Å². The second kappa shape index (κ2) is 3.67. The van der Waals surface area contributed by atoms with Gasteiger partial charge >= 0.3 is 0 Å². The van der Waals surface area contributed by atoms with Gasteiger partial charge in [-0.2, -0.15) is 5.10 Å². The summed E-state index contributed by atoms with van der Waals surface area (Å²) in [4.78, 5) is 2.07. The first-order chi connectivity index (χ1) is 7.09. The summed E-state index contributed by atoms with van der Waals surface area (Å²) in [5.41, 5.74) is 6.46. The maximum absolute atomic E-state index is 10.1. The predicted molar refractivity (Wildman–Crippen MR) is 60.7 cm³/mol. The van der Waals surface area contributed by atoms with Gasteiger partial charge in [-0.05, 0) is 19.1 Å². The summed E-state index contributed by atoms with van der Waals surface area (Å²) in [5, 5.41) is 14.1. The van der Waals surface area contributed by atoms with Crippen molar-refractivity contribution in [1.82, 2.24) is 9.78 Å². The summed E-state index contributed by atoms with van der Waals surface area (Å²) in [6.07, 6.45) is 0.937. The van der Waals surface area contributed by atoms with E-state index in [1.165, 1.54) is 4.88 Å². The molecule has 5 heteroatoms. The second-order valence-electron chi connectivity index (χ2n) is 3.46. The van der Waals surface area contributed by atoms with Crippen LogP contribution < -0.4 is 5.73 Å². The topological polar surface area (TPSA) is 64.1 Å². The number of nitrogen functional groups attached to an aromatic ring is 1. The molecule has 0 fully saturated rings. The Morgan fingerprint density at radius 2 is 2.27 bits per heavy atom. The number of aromatic nitrogens is 2. The molecule has 2 aromatic rings. The summed E-state index contributed by atoms with van der Waals surface area (Å²) < 4.78 is 1.55. The highest BCUT2D eigenvalue weighted by molar-refractivity contribution is 7.12. The average molecular weight is 223 g/mol. The van der Waals surface area contributed by atoms with Gasteiger partial charge in [-0.1, -0.05) is 0 Å². The van der Waals surface area contributed by atoms with Gasteiger partial charge in [-0.15, -0.1) is 11.3 Å². The van der Waals surface area contributed by atoms with Crippen LogP contribution in [-0.4, -0.2) is 14.9 Å². The van der Waals surface area contributed by atoms with Crippen molar-refractivity contribution in [3.05, 3.63) is 33.6 Å². The van der Waals surface area contributed by atoms with Gasteiger partial charge in [-0.25, -0.2) is 0 Å². The zero-order chi connectivity index (χ0) is 11.0. The average Bonchev–Trinajstić information content (AvgIpc) is 2.75. The number of nitrogens with zero attached hydrogens (tertiary/aromatic N) is 2. The Hall–Kier alpha value is -1.33. The smallest absolute Gasteiger partial charge is 0.127 e. The number of thiophene rings is 1. The zero-order valence-electron chi connectivity index (χ0n) is 8.64. The minimum absolute atomic E-state index is 0.508. The Labute approximate surface area is 92.0 Å².